The molecule has 0 amide bonds. The Bertz CT molecular complexity index is 653. The van der Waals surface area contributed by atoms with Crippen molar-refractivity contribution in [3.8, 4) is 5.75 Å². The fourth-order valence-corrected chi connectivity index (χ4v) is 4.88. The van der Waals surface area contributed by atoms with Crippen molar-refractivity contribution in [2.75, 3.05) is 56.6 Å². The van der Waals surface area contributed by atoms with Gasteiger partial charge in [-0.05, 0) is 19.1 Å². The molecule has 0 atom stereocenters. The van der Waals surface area contributed by atoms with Crippen LogP contribution in [-0.2, 0) is 10.0 Å². The molecule has 1 aliphatic heterocycles. The number of aliphatic imine (C=N–C) groups is 1. The molecular weight excluding hydrogens is 499 g/mol. The van der Waals surface area contributed by atoms with Crippen LogP contribution in [0.4, 0.5) is 0 Å². The van der Waals surface area contributed by atoms with Gasteiger partial charge in [-0.2, -0.15) is 11.8 Å². The van der Waals surface area contributed by atoms with E-state index >= 15 is 0 Å². The third-order valence-electron chi connectivity index (χ3n) is 3.73. The summed E-state index contributed by atoms with van der Waals surface area (Å²) in [5, 5.41) is 6.28. The van der Waals surface area contributed by atoms with Gasteiger partial charge in [-0.25, -0.2) is 12.7 Å². The van der Waals surface area contributed by atoms with Crippen molar-refractivity contribution in [2.45, 2.75) is 6.92 Å². The van der Waals surface area contributed by atoms with Crippen molar-refractivity contribution in [1.29, 1.82) is 0 Å². The fourth-order valence-electron chi connectivity index (χ4n) is 2.42. The van der Waals surface area contributed by atoms with Crippen LogP contribution in [0.1, 0.15) is 6.92 Å². The van der Waals surface area contributed by atoms with E-state index in [1.54, 1.807) is 16.1 Å². The Morgan fingerprint density at radius 1 is 1.22 bits per heavy atom. The van der Waals surface area contributed by atoms with Gasteiger partial charge in [-0.1, -0.05) is 18.2 Å². The summed E-state index contributed by atoms with van der Waals surface area (Å²) in [4.78, 5) is 4.37. The molecule has 0 radical (unpaired) electrons. The van der Waals surface area contributed by atoms with Gasteiger partial charge in [0.15, 0.2) is 5.96 Å². The zero-order valence-electron chi connectivity index (χ0n) is 15.6. The molecule has 0 bridgehead atoms. The molecule has 0 aromatic heterocycles. The van der Waals surface area contributed by atoms with Crippen molar-refractivity contribution >= 4 is 51.7 Å². The van der Waals surface area contributed by atoms with Crippen LogP contribution in [-0.4, -0.2) is 75.3 Å². The Morgan fingerprint density at radius 3 is 2.59 bits per heavy atom. The van der Waals surface area contributed by atoms with Gasteiger partial charge in [0, 0.05) is 31.1 Å². The van der Waals surface area contributed by atoms with Gasteiger partial charge >= 0.3 is 0 Å². The predicted octanol–water partition coefficient (Wildman–Crippen LogP) is 1.62. The lowest BCUT2D eigenvalue weighted by Gasteiger charge is -2.25. The highest BCUT2D eigenvalue weighted by Gasteiger charge is 2.23. The third kappa shape index (κ3) is 9.35. The second kappa shape index (κ2) is 13.5. The molecule has 1 aromatic carbocycles. The first-order chi connectivity index (χ1) is 12.6. The molecule has 1 fully saturated rings. The van der Waals surface area contributed by atoms with E-state index < -0.39 is 10.0 Å². The number of sulfonamides is 1. The highest BCUT2D eigenvalue weighted by molar-refractivity contribution is 14.0. The summed E-state index contributed by atoms with van der Waals surface area (Å²) < 4.78 is 31.9. The fraction of sp³-hybridized carbons (Fsp3) is 0.588. The lowest BCUT2D eigenvalue weighted by molar-refractivity contribution is 0.322. The first-order valence-corrected chi connectivity index (χ1v) is 11.6. The zero-order chi connectivity index (χ0) is 18.7. The molecule has 1 aliphatic rings. The lowest BCUT2D eigenvalue weighted by atomic mass is 10.3. The maximum absolute atomic E-state index is 12.3. The van der Waals surface area contributed by atoms with Crippen LogP contribution in [0.25, 0.3) is 0 Å². The van der Waals surface area contributed by atoms with Crippen LogP contribution < -0.4 is 15.4 Å². The molecule has 0 unspecified atom stereocenters. The van der Waals surface area contributed by atoms with Gasteiger partial charge in [0.2, 0.25) is 10.0 Å². The molecular formula is C17H29IN4O3S2. The van der Waals surface area contributed by atoms with Gasteiger partial charge in [-0.3, -0.25) is 4.99 Å². The molecule has 10 heteroatoms. The number of nitrogens with zero attached hydrogens (tertiary/aromatic N) is 2. The molecule has 0 saturated carbocycles. The van der Waals surface area contributed by atoms with Crippen LogP contribution in [0.5, 0.6) is 5.75 Å². The smallest absolute Gasteiger partial charge is 0.215 e. The molecule has 2 N–H and O–H groups in total. The molecule has 2 rings (SSSR count). The molecule has 1 aromatic rings. The summed E-state index contributed by atoms with van der Waals surface area (Å²) in [6.45, 7) is 5.20. The summed E-state index contributed by atoms with van der Waals surface area (Å²) in [6, 6.07) is 9.61. The molecule has 1 saturated heterocycles. The van der Waals surface area contributed by atoms with E-state index in [0.29, 0.717) is 38.7 Å². The summed E-state index contributed by atoms with van der Waals surface area (Å²) in [6.07, 6.45) is 0. The summed E-state index contributed by atoms with van der Waals surface area (Å²) in [5.74, 6) is 3.20. The average molecular weight is 528 g/mol. The number of thioether (sulfide) groups is 1. The first-order valence-electron chi connectivity index (χ1n) is 8.87. The highest BCUT2D eigenvalue weighted by Crippen LogP contribution is 2.13. The van der Waals surface area contributed by atoms with Crippen molar-refractivity contribution in [3.05, 3.63) is 30.3 Å². The summed E-state index contributed by atoms with van der Waals surface area (Å²) in [5.41, 5.74) is 0. The largest absolute Gasteiger partial charge is 0.492 e. The molecule has 0 spiro atoms. The second-order valence-corrected chi connectivity index (χ2v) is 8.99. The standard InChI is InChI=1S/C17H28N4O3S2.HI/c1-2-18-17(19-8-12-24-16-6-4-3-5-7-16)20-9-15-26(22,23)21-10-13-25-14-11-21;/h3-7H,2,8-15H2,1H3,(H2,18,19,20);1H. The minimum atomic E-state index is -3.22. The van der Waals surface area contributed by atoms with Crippen LogP contribution in [0, 0.1) is 0 Å². The van der Waals surface area contributed by atoms with E-state index in [1.807, 2.05) is 37.3 Å². The van der Waals surface area contributed by atoms with Gasteiger partial charge in [0.1, 0.15) is 12.4 Å². The van der Waals surface area contributed by atoms with Gasteiger partial charge in [0.05, 0.1) is 18.8 Å². The predicted molar refractivity (Wildman–Crippen MR) is 124 cm³/mol. The average Bonchev–Trinajstić information content (AvgIpc) is 2.66. The Morgan fingerprint density at radius 2 is 1.93 bits per heavy atom. The highest BCUT2D eigenvalue weighted by atomic mass is 127. The van der Waals surface area contributed by atoms with Gasteiger partial charge in [0.25, 0.3) is 0 Å². The van der Waals surface area contributed by atoms with Crippen LogP contribution in [0.2, 0.25) is 0 Å². The maximum atomic E-state index is 12.3. The first kappa shape index (κ1) is 24.3. The van der Waals surface area contributed by atoms with Crippen LogP contribution >= 0.6 is 35.7 Å². The summed E-state index contributed by atoms with van der Waals surface area (Å²) in [7, 11) is -3.22. The third-order valence-corrected chi connectivity index (χ3v) is 6.53. The molecule has 27 heavy (non-hydrogen) atoms. The van der Waals surface area contributed by atoms with Gasteiger partial charge in [-0.15, -0.1) is 24.0 Å². The number of hydrogen-bond acceptors (Lipinski definition) is 5. The van der Waals surface area contributed by atoms with E-state index in [9.17, 15) is 8.42 Å². The Balaban J connectivity index is 0.00000364. The summed E-state index contributed by atoms with van der Waals surface area (Å²) >= 11 is 1.79. The topological polar surface area (TPSA) is 83.0 Å². The van der Waals surface area contributed by atoms with E-state index in [2.05, 4.69) is 15.6 Å². The van der Waals surface area contributed by atoms with Crippen molar-refractivity contribution in [1.82, 2.24) is 14.9 Å². The minimum absolute atomic E-state index is 0. The van der Waals surface area contributed by atoms with Crippen LogP contribution in [0.15, 0.2) is 35.3 Å². The number of hydrogen-bond donors (Lipinski definition) is 2. The number of para-hydroxylation sites is 1. The van der Waals surface area contributed by atoms with Crippen LogP contribution in [0.3, 0.4) is 0 Å². The zero-order valence-corrected chi connectivity index (χ0v) is 19.6. The van der Waals surface area contributed by atoms with E-state index in [0.717, 1.165) is 17.3 Å². The van der Waals surface area contributed by atoms with E-state index in [1.165, 1.54) is 0 Å². The molecule has 1 heterocycles. The van der Waals surface area contributed by atoms with Gasteiger partial charge < -0.3 is 15.4 Å². The number of ether oxygens (including phenoxy) is 1. The second-order valence-electron chi connectivity index (χ2n) is 5.68. The number of nitrogens with one attached hydrogen (secondary N) is 2. The molecule has 0 aliphatic carbocycles. The number of rotatable bonds is 9. The maximum Gasteiger partial charge on any atom is 0.215 e. The minimum Gasteiger partial charge on any atom is -0.492 e. The molecule has 154 valence electrons. The Hall–Kier alpha value is -0.720. The van der Waals surface area contributed by atoms with Crippen molar-refractivity contribution < 1.29 is 13.2 Å². The normalized spacial score (nSPS) is 15.7. The molecule has 7 nitrogen and oxygen atoms in total. The quantitative estimate of drug-likeness (QED) is 0.220. The Labute approximate surface area is 183 Å². The van der Waals surface area contributed by atoms with Crippen molar-refractivity contribution in [3.63, 3.8) is 0 Å². The lowest BCUT2D eigenvalue weighted by Crippen LogP contribution is -2.41. The van der Waals surface area contributed by atoms with E-state index in [-0.39, 0.29) is 36.3 Å². The van der Waals surface area contributed by atoms with Crippen molar-refractivity contribution in [2.24, 2.45) is 4.99 Å². The monoisotopic (exact) mass is 528 g/mol. The number of halogens is 1. The number of guanidine groups is 1. The SMILES string of the molecule is CCNC(=NCCS(=O)(=O)N1CCSCC1)NCCOc1ccccc1.I. The van der Waals surface area contributed by atoms with E-state index in [4.69, 9.17) is 4.74 Å². The number of benzene rings is 1. The Kier molecular flexibility index (Phi) is 12.1.